The lowest BCUT2D eigenvalue weighted by Gasteiger charge is -2.34. The van der Waals surface area contributed by atoms with Crippen molar-refractivity contribution in [2.45, 2.75) is 26.9 Å². The van der Waals surface area contributed by atoms with Crippen molar-refractivity contribution in [1.29, 1.82) is 0 Å². The lowest BCUT2D eigenvalue weighted by molar-refractivity contribution is 0.0678. The minimum atomic E-state index is -0.499. The van der Waals surface area contributed by atoms with E-state index in [1.54, 1.807) is 30.2 Å². The number of halogens is 1. The number of hydrogen-bond donors (Lipinski definition) is 2. The SMILES string of the molecule is Cc1cc(Nc2cc(C)[nH]n2)nc(N2CCN(C(=O)OC(C)c3ccc(-n4cc(F)cn4)nc3)CC2)n1. The van der Waals surface area contributed by atoms with Gasteiger partial charge in [0.05, 0.1) is 12.4 Å². The summed E-state index contributed by atoms with van der Waals surface area (Å²) in [6.07, 6.45) is 3.05. The van der Waals surface area contributed by atoms with Gasteiger partial charge in [0.1, 0.15) is 11.9 Å². The predicted octanol–water partition coefficient (Wildman–Crippen LogP) is 3.30. The molecule has 1 amide bonds. The first-order valence-corrected chi connectivity index (χ1v) is 11.9. The summed E-state index contributed by atoms with van der Waals surface area (Å²) >= 11 is 0. The van der Waals surface area contributed by atoms with Crippen molar-refractivity contribution in [3.63, 3.8) is 0 Å². The van der Waals surface area contributed by atoms with E-state index in [2.05, 4.69) is 35.6 Å². The largest absolute Gasteiger partial charge is 0.441 e. The Labute approximate surface area is 212 Å². The summed E-state index contributed by atoms with van der Waals surface area (Å²) in [5.74, 6) is 1.96. The number of aromatic amines is 1. The minimum Gasteiger partial charge on any atom is -0.441 e. The molecule has 5 heterocycles. The fourth-order valence-electron chi connectivity index (χ4n) is 3.95. The molecular formula is C24H27FN10O2. The number of ether oxygens (including phenoxy) is 1. The fourth-order valence-corrected chi connectivity index (χ4v) is 3.95. The number of pyridine rings is 1. The van der Waals surface area contributed by atoms with Crippen LogP contribution >= 0.6 is 0 Å². The number of anilines is 3. The van der Waals surface area contributed by atoms with Crippen LogP contribution in [0, 0.1) is 19.7 Å². The molecule has 1 atom stereocenters. The smallest absolute Gasteiger partial charge is 0.410 e. The second kappa shape index (κ2) is 10.2. The maximum Gasteiger partial charge on any atom is 0.410 e. The van der Waals surface area contributed by atoms with Gasteiger partial charge in [0, 0.05) is 61.5 Å². The molecule has 192 valence electrons. The van der Waals surface area contributed by atoms with Gasteiger partial charge < -0.3 is 19.9 Å². The van der Waals surface area contributed by atoms with Gasteiger partial charge in [-0.1, -0.05) is 6.07 Å². The Morgan fingerprint density at radius 3 is 2.57 bits per heavy atom. The van der Waals surface area contributed by atoms with E-state index in [0.717, 1.165) is 23.1 Å². The third-order valence-corrected chi connectivity index (χ3v) is 5.93. The Bertz CT molecular complexity index is 1380. The third-order valence-electron chi connectivity index (χ3n) is 5.93. The summed E-state index contributed by atoms with van der Waals surface area (Å²) in [6.45, 7) is 7.73. The molecule has 0 saturated carbocycles. The van der Waals surface area contributed by atoms with Crippen molar-refractivity contribution in [2.24, 2.45) is 0 Å². The topological polar surface area (TPSA) is 130 Å². The highest BCUT2D eigenvalue weighted by molar-refractivity contribution is 5.68. The fraction of sp³-hybridized carbons (Fsp3) is 0.333. The standard InChI is InChI=1S/C24H27FN10O2/c1-15-10-20(29-21-11-16(2)31-32-21)30-23(28-15)33-6-8-34(9-7-33)24(36)37-17(3)18-4-5-22(26-12-18)35-14-19(25)13-27-35/h4-5,10-14,17H,6-9H2,1-3H3,(H2,28,29,30,31,32). The Kier molecular flexibility index (Phi) is 6.66. The van der Waals surface area contributed by atoms with E-state index in [9.17, 15) is 9.18 Å². The molecule has 37 heavy (non-hydrogen) atoms. The van der Waals surface area contributed by atoms with Gasteiger partial charge in [-0.2, -0.15) is 15.2 Å². The predicted molar refractivity (Wildman–Crippen MR) is 133 cm³/mol. The first-order chi connectivity index (χ1) is 17.8. The number of aromatic nitrogens is 7. The van der Waals surface area contributed by atoms with Crippen molar-refractivity contribution in [1.82, 2.24) is 39.8 Å². The van der Waals surface area contributed by atoms with Crippen LogP contribution in [-0.4, -0.2) is 72.1 Å². The number of piperazine rings is 1. The van der Waals surface area contributed by atoms with Crippen LogP contribution in [-0.2, 0) is 4.74 Å². The highest BCUT2D eigenvalue weighted by Gasteiger charge is 2.25. The van der Waals surface area contributed by atoms with Gasteiger partial charge in [-0.15, -0.1) is 0 Å². The first-order valence-electron chi connectivity index (χ1n) is 11.9. The van der Waals surface area contributed by atoms with Crippen molar-refractivity contribution in [3.05, 3.63) is 65.6 Å². The molecule has 1 aliphatic rings. The summed E-state index contributed by atoms with van der Waals surface area (Å²) in [7, 11) is 0. The van der Waals surface area contributed by atoms with E-state index in [4.69, 9.17) is 4.74 Å². The van der Waals surface area contributed by atoms with Crippen LogP contribution < -0.4 is 10.2 Å². The number of H-pyrrole nitrogens is 1. The van der Waals surface area contributed by atoms with Crippen molar-refractivity contribution in [3.8, 4) is 5.82 Å². The van der Waals surface area contributed by atoms with Crippen molar-refractivity contribution >= 4 is 23.7 Å². The molecule has 13 heteroatoms. The summed E-state index contributed by atoms with van der Waals surface area (Å²) < 4.78 is 20.2. The van der Waals surface area contributed by atoms with Crippen molar-refractivity contribution in [2.75, 3.05) is 36.4 Å². The number of nitrogens with one attached hydrogen (secondary N) is 2. The molecule has 1 aliphatic heterocycles. The molecule has 12 nitrogen and oxygen atoms in total. The number of nitrogens with zero attached hydrogens (tertiary/aromatic N) is 8. The van der Waals surface area contributed by atoms with Crippen LogP contribution in [0.5, 0.6) is 0 Å². The first kappa shape index (κ1) is 24.2. The average Bonchev–Trinajstić information content (AvgIpc) is 3.51. The summed E-state index contributed by atoms with van der Waals surface area (Å²) in [5.41, 5.74) is 2.50. The maximum atomic E-state index is 13.2. The number of amides is 1. The van der Waals surface area contributed by atoms with Gasteiger partial charge in [-0.3, -0.25) is 5.10 Å². The van der Waals surface area contributed by atoms with E-state index in [1.807, 2.05) is 30.9 Å². The van der Waals surface area contributed by atoms with Crippen LogP contribution in [0.15, 0.2) is 42.9 Å². The number of aryl methyl sites for hydroxylation is 2. The number of carbonyl (C=O) groups excluding carboxylic acids is 1. The average molecular weight is 507 g/mol. The molecule has 0 aliphatic carbocycles. The number of rotatable bonds is 6. The van der Waals surface area contributed by atoms with E-state index < -0.39 is 18.0 Å². The summed E-state index contributed by atoms with van der Waals surface area (Å²) in [6, 6.07) is 7.23. The molecule has 2 N–H and O–H groups in total. The second-order valence-corrected chi connectivity index (χ2v) is 8.81. The van der Waals surface area contributed by atoms with Gasteiger partial charge >= 0.3 is 6.09 Å². The zero-order valence-corrected chi connectivity index (χ0v) is 20.7. The molecule has 5 rings (SSSR count). The molecule has 1 unspecified atom stereocenters. The van der Waals surface area contributed by atoms with E-state index in [-0.39, 0.29) is 0 Å². The second-order valence-electron chi connectivity index (χ2n) is 8.81. The molecule has 4 aromatic rings. The van der Waals surface area contributed by atoms with E-state index >= 15 is 0 Å². The molecule has 1 fully saturated rings. The third kappa shape index (κ3) is 5.66. The van der Waals surface area contributed by atoms with E-state index in [0.29, 0.717) is 49.6 Å². The highest BCUT2D eigenvalue weighted by Crippen LogP contribution is 2.21. The van der Waals surface area contributed by atoms with Gasteiger partial charge in [-0.05, 0) is 26.8 Å². The lowest BCUT2D eigenvalue weighted by atomic mass is 10.2. The van der Waals surface area contributed by atoms with Gasteiger partial charge in [0.2, 0.25) is 5.95 Å². The van der Waals surface area contributed by atoms with Crippen LogP contribution in [0.4, 0.5) is 26.8 Å². The Morgan fingerprint density at radius 2 is 1.92 bits per heavy atom. The molecule has 4 aromatic heterocycles. The maximum absolute atomic E-state index is 13.2. The lowest BCUT2D eigenvalue weighted by Crippen LogP contribution is -2.49. The number of carbonyl (C=O) groups is 1. The Morgan fingerprint density at radius 1 is 1.11 bits per heavy atom. The Hall–Kier alpha value is -4.55. The molecule has 0 radical (unpaired) electrons. The summed E-state index contributed by atoms with van der Waals surface area (Å²) in [4.78, 5) is 30.0. The molecule has 0 bridgehead atoms. The molecular weight excluding hydrogens is 479 g/mol. The molecule has 1 saturated heterocycles. The quantitative estimate of drug-likeness (QED) is 0.404. The van der Waals surface area contributed by atoms with Gasteiger partial charge in [-0.25, -0.2) is 23.8 Å². The van der Waals surface area contributed by atoms with Gasteiger partial charge in [0.25, 0.3) is 0 Å². The highest BCUT2D eigenvalue weighted by atomic mass is 19.1. The zero-order chi connectivity index (χ0) is 25.9. The normalized spacial score (nSPS) is 14.5. The van der Waals surface area contributed by atoms with Gasteiger partial charge in [0.15, 0.2) is 17.5 Å². The van der Waals surface area contributed by atoms with Crippen molar-refractivity contribution < 1.29 is 13.9 Å². The van der Waals surface area contributed by atoms with Crippen LogP contribution in [0.25, 0.3) is 5.82 Å². The van der Waals surface area contributed by atoms with Crippen LogP contribution in [0.2, 0.25) is 0 Å². The van der Waals surface area contributed by atoms with Crippen LogP contribution in [0.1, 0.15) is 30.0 Å². The monoisotopic (exact) mass is 506 g/mol. The molecule has 0 aromatic carbocycles. The zero-order valence-electron chi connectivity index (χ0n) is 20.7. The van der Waals surface area contributed by atoms with E-state index in [1.165, 1.54) is 10.9 Å². The van der Waals surface area contributed by atoms with Crippen LogP contribution in [0.3, 0.4) is 0 Å². The Balaban J connectivity index is 1.16. The summed E-state index contributed by atoms with van der Waals surface area (Å²) in [5, 5.41) is 14.2. The minimum absolute atomic E-state index is 0.396. The number of hydrogen-bond acceptors (Lipinski definition) is 9. The molecule has 0 spiro atoms.